The van der Waals surface area contributed by atoms with E-state index in [1.807, 2.05) is 60.6 Å². The first kappa shape index (κ1) is 21.0. The number of nitrogens with zero attached hydrogens (tertiary/aromatic N) is 4. The summed E-state index contributed by atoms with van der Waals surface area (Å²) in [5.74, 6) is 0.437. The summed E-state index contributed by atoms with van der Waals surface area (Å²) in [7, 11) is 0. The van der Waals surface area contributed by atoms with E-state index in [9.17, 15) is 9.18 Å². The maximum atomic E-state index is 13.4. The molecule has 0 bridgehead atoms. The Balaban J connectivity index is 1.94. The third-order valence-electron chi connectivity index (χ3n) is 4.71. The topological polar surface area (TPSA) is 51.0 Å². The molecule has 1 aromatic heterocycles. The molecule has 0 spiro atoms. The molecule has 1 heterocycles. The van der Waals surface area contributed by atoms with E-state index < -0.39 is 0 Å². The second kappa shape index (κ2) is 9.69. The predicted octanol–water partition coefficient (Wildman–Crippen LogP) is 4.48. The second-order valence-corrected chi connectivity index (χ2v) is 7.96. The minimum Gasteiger partial charge on any atom is -0.342 e. The first-order chi connectivity index (χ1) is 14.0. The van der Waals surface area contributed by atoms with Crippen LogP contribution in [0.3, 0.4) is 0 Å². The smallest absolute Gasteiger partial charge is 0.235 e. The normalized spacial score (nSPS) is 12.0. The lowest BCUT2D eigenvalue weighted by Gasteiger charge is -2.22. The van der Waals surface area contributed by atoms with Gasteiger partial charge in [-0.15, -0.1) is 10.2 Å². The molecule has 3 rings (SSSR count). The maximum absolute atomic E-state index is 13.4. The van der Waals surface area contributed by atoms with Gasteiger partial charge in [0.15, 0.2) is 11.0 Å². The van der Waals surface area contributed by atoms with Crippen LogP contribution in [0.2, 0.25) is 0 Å². The van der Waals surface area contributed by atoms with Crippen molar-refractivity contribution in [1.29, 1.82) is 0 Å². The summed E-state index contributed by atoms with van der Waals surface area (Å²) in [6.45, 7) is 7.77. The molecule has 152 valence electrons. The number of rotatable bonds is 8. The Morgan fingerprint density at radius 2 is 1.72 bits per heavy atom. The molecule has 0 aliphatic carbocycles. The molecule has 2 aromatic carbocycles. The fourth-order valence-corrected chi connectivity index (χ4v) is 4.03. The van der Waals surface area contributed by atoms with Crippen LogP contribution < -0.4 is 0 Å². The van der Waals surface area contributed by atoms with Crippen LogP contribution >= 0.6 is 11.8 Å². The Labute approximate surface area is 175 Å². The van der Waals surface area contributed by atoms with Gasteiger partial charge in [0.05, 0.1) is 11.8 Å². The van der Waals surface area contributed by atoms with Gasteiger partial charge in [-0.25, -0.2) is 4.39 Å². The Kier molecular flexibility index (Phi) is 7.04. The third kappa shape index (κ3) is 5.03. The number of benzene rings is 2. The first-order valence-electron chi connectivity index (χ1n) is 9.72. The van der Waals surface area contributed by atoms with Crippen molar-refractivity contribution >= 4 is 17.7 Å². The zero-order chi connectivity index (χ0) is 20.8. The largest absolute Gasteiger partial charge is 0.342 e. The van der Waals surface area contributed by atoms with Crippen LogP contribution in [0.25, 0.3) is 11.4 Å². The quantitative estimate of drug-likeness (QED) is 0.512. The van der Waals surface area contributed by atoms with Crippen LogP contribution in [-0.2, 0) is 11.3 Å². The summed E-state index contributed by atoms with van der Waals surface area (Å²) in [6, 6.07) is 16.2. The molecule has 0 saturated heterocycles. The molecular formula is C22H25FN4OS. The monoisotopic (exact) mass is 412 g/mol. The number of carbonyl (C=O) groups excluding carboxylic acids is 1. The van der Waals surface area contributed by atoms with Gasteiger partial charge in [0, 0.05) is 18.7 Å². The molecule has 0 N–H and O–H groups in total. The minimum absolute atomic E-state index is 0.0811. The van der Waals surface area contributed by atoms with E-state index in [4.69, 9.17) is 0 Å². The molecule has 0 aliphatic rings. The van der Waals surface area contributed by atoms with Crippen molar-refractivity contribution < 1.29 is 9.18 Å². The summed E-state index contributed by atoms with van der Waals surface area (Å²) >= 11 is 1.40. The van der Waals surface area contributed by atoms with Gasteiger partial charge in [-0.3, -0.25) is 9.36 Å². The molecule has 0 saturated carbocycles. The number of hydrogen-bond acceptors (Lipinski definition) is 4. The Morgan fingerprint density at radius 3 is 2.34 bits per heavy atom. The molecule has 0 aliphatic heterocycles. The summed E-state index contributed by atoms with van der Waals surface area (Å²) in [6.07, 6.45) is 0. The van der Waals surface area contributed by atoms with Gasteiger partial charge in [-0.1, -0.05) is 42.1 Å². The fraction of sp³-hybridized carbons (Fsp3) is 0.318. The van der Waals surface area contributed by atoms with Crippen LogP contribution in [0.1, 0.15) is 26.3 Å². The molecular weight excluding hydrogens is 387 g/mol. The van der Waals surface area contributed by atoms with Crippen LogP contribution in [0, 0.1) is 5.82 Å². The van der Waals surface area contributed by atoms with E-state index in [0.717, 1.165) is 11.1 Å². The van der Waals surface area contributed by atoms with Crippen molar-refractivity contribution in [2.75, 3.05) is 13.1 Å². The van der Waals surface area contributed by atoms with E-state index >= 15 is 0 Å². The Hall–Kier alpha value is -2.67. The van der Waals surface area contributed by atoms with Gasteiger partial charge in [-0.2, -0.15) is 0 Å². The summed E-state index contributed by atoms with van der Waals surface area (Å²) in [5.41, 5.74) is 1.88. The average molecular weight is 413 g/mol. The molecule has 1 amide bonds. The minimum atomic E-state index is -0.295. The van der Waals surface area contributed by atoms with Crippen molar-refractivity contribution in [3.05, 3.63) is 66.0 Å². The predicted molar refractivity (Wildman–Crippen MR) is 114 cm³/mol. The van der Waals surface area contributed by atoms with Crippen molar-refractivity contribution in [3.8, 4) is 11.4 Å². The highest BCUT2D eigenvalue weighted by Gasteiger charge is 2.23. The van der Waals surface area contributed by atoms with Gasteiger partial charge < -0.3 is 4.90 Å². The number of thioether (sulfide) groups is 1. The number of aromatic nitrogens is 3. The van der Waals surface area contributed by atoms with E-state index in [-0.39, 0.29) is 17.0 Å². The SMILES string of the molecule is CCN(CC)C(=O)C(C)Sc1nnc(-c2ccc(F)cc2)n1Cc1ccccc1. The molecule has 3 aromatic rings. The molecule has 1 atom stereocenters. The van der Waals surface area contributed by atoms with Crippen molar-refractivity contribution in [2.45, 2.75) is 37.7 Å². The van der Waals surface area contributed by atoms with Crippen LogP contribution in [0.4, 0.5) is 4.39 Å². The van der Waals surface area contributed by atoms with E-state index in [1.165, 1.54) is 23.9 Å². The highest BCUT2D eigenvalue weighted by atomic mass is 32.2. The summed E-state index contributed by atoms with van der Waals surface area (Å²) in [5, 5.41) is 9.10. The van der Waals surface area contributed by atoms with Gasteiger partial charge in [-0.05, 0) is 50.6 Å². The van der Waals surface area contributed by atoms with Gasteiger partial charge in [0.1, 0.15) is 5.82 Å². The van der Waals surface area contributed by atoms with E-state index in [0.29, 0.717) is 30.6 Å². The second-order valence-electron chi connectivity index (χ2n) is 6.66. The van der Waals surface area contributed by atoms with Crippen LogP contribution in [0.15, 0.2) is 59.8 Å². The first-order valence-corrected chi connectivity index (χ1v) is 10.6. The van der Waals surface area contributed by atoms with Crippen molar-refractivity contribution in [3.63, 3.8) is 0 Å². The highest BCUT2D eigenvalue weighted by Crippen LogP contribution is 2.28. The van der Waals surface area contributed by atoms with Crippen LogP contribution in [-0.4, -0.2) is 43.9 Å². The third-order valence-corrected chi connectivity index (χ3v) is 5.78. The van der Waals surface area contributed by atoms with E-state index in [1.54, 1.807) is 12.1 Å². The molecule has 0 fully saturated rings. The van der Waals surface area contributed by atoms with Crippen molar-refractivity contribution in [1.82, 2.24) is 19.7 Å². The zero-order valence-corrected chi connectivity index (χ0v) is 17.7. The molecule has 1 unspecified atom stereocenters. The summed E-state index contributed by atoms with van der Waals surface area (Å²) < 4.78 is 15.4. The van der Waals surface area contributed by atoms with E-state index in [2.05, 4.69) is 10.2 Å². The number of carbonyl (C=O) groups is 1. The summed E-state index contributed by atoms with van der Waals surface area (Å²) in [4.78, 5) is 14.5. The lowest BCUT2D eigenvalue weighted by Crippen LogP contribution is -2.36. The van der Waals surface area contributed by atoms with Gasteiger partial charge in [0.2, 0.25) is 5.91 Å². The maximum Gasteiger partial charge on any atom is 0.235 e. The number of halogens is 1. The van der Waals surface area contributed by atoms with Crippen molar-refractivity contribution in [2.24, 2.45) is 0 Å². The Bertz CT molecular complexity index is 939. The highest BCUT2D eigenvalue weighted by molar-refractivity contribution is 8.00. The van der Waals surface area contributed by atoms with Crippen LogP contribution in [0.5, 0.6) is 0 Å². The average Bonchev–Trinajstić information content (AvgIpc) is 3.12. The molecule has 5 nitrogen and oxygen atoms in total. The molecule has 7 heteroatoms. The number of hydrogen-bond donors (Lipinski definition) is 0. The Morgan fingerprint density at radius 1 is 1.07 bits per heavy atom. The number of amides is 1. The van der Waals surface area contributed by atoms with Gasteiger partial charge >= 0.3 is 0 Å². The fourth-order valence-electron chi connectivity index (χ4n) is 3.10. The lowest BCUT2D eigenvalue weighted by molar-refractivity contribution is -0.129. The standard InChI is InChI=1S/C22H25FN4OS/c1-4-26(5-2)21(28)16(3)29-22-25-24-20(18-11-13-19(23)14-12-18)27(22)15-17-9-7-6-8-10-17/h6-14,16H,4-5,15H2,1-3H3. The zero-order valence-electron chi connectivity index (χ0n) is 16.9. The van der Waals surface area contributed by atoms with Gasteiger partial charge in [0.25, 0.3) is 0 Å². The molecule has 0 radical (unpaired) electrons. The lowest BCUT2D eigenvalue weighted by atomic mass is 10.2. The molecule has 29 heavy (non-hydrogen) atoms.